The van der Waals surface area contributed by atoms with Crippen LogP contribution in [0.2, 0.25) is 0 Å². The Kier molecular flexibility index (Phi) is 3.14. The predicted octanol–water partition coefficient (Wildman–Crippen LogP) is 3.01. The number of carbonyl (C=O) groups is 1. The molecule has 0 saturated carbocycles. The van der Waals surface area contributed by atoms with Gasteiger partial charge in [-0.2, -0.15) is 13.2 Å². The average molecular weight is 216 g/mol. The quantitative estimate of drug-likeness (QED) is 0.561. The van der Waals surface area contributed by atoms with Gasteiger partial charge in [0.2, 0.25) is 0 Å². The van der Waals surface area contributed by atoms with Crippen LogP contribution in [0, 0.1) is 0 Å². The molecule has 0 bridgehead atoms. The number of hydrogen-bond donors (Lipinski definition) is 0. The molecule has 80 valence electrons. The van der Waals surface area contributed by atoms with Crippen LogP contribution in [0.5, 0.6) is 0 Å². The number of benzene rings is 1. The number of halogens is 3. The van der Waals surface area contributed by atoms with E-state index in [4.69, 9.17) is 0 Å². The highest BCUT2D eigenvalue weighted by molar-refractivity contribution is 5.89. The largest absolute Gasteiger partial charge is 0.432 e. The molecule has 1 aromatic carbocycles. The van der Waals surface area contributed by atoms with Crippen LogP contribution < -0.4 is 0 Å². The molecule has 5 heteroatoms. The lowest BCUT2D eigenvalue weighted by Gasteiger charge is -2.07. The zero-order valence-electron chi connectivity index (χ0n) is 7.54. The first kappa shape index (κ1) is 11.3. The van der Waals surface area contributed by atoms with Gasteiger partial charge in [-0.15, -0.1) is 0 Å². The third-order valence-electron chi connectivity index (χ3n) is 1.62. The average Bonchev–Trinajstić information content (AvgIpc) is 2.17. The maximum absolute atomic E-state index is 12.2. The summed E-state index contributed by atoms with van der Waals surface area (Å²) in [7, 11) is 0. The van der Waals surface area contributed by atoms with Crippen molar-refractivity contribution in [3.05, 3.63) is 48.2 Å². The lowest BCUT2D eigenvalue weighted by atomic mass is 10.1. The van der Waals surface area contributed by atoms with Gasteiger partial charge in [0.1, 0.15) is 0 Å². The highest BCUT2D eigenvalue weighted by Gasteiger charge is 2.30. The smallest absolute Gasteiger partial charge is 0.416 e. The number of hydrogen-bond acceptors (Lipinski definition) is 2. The molecule has 0 saturated heterocycles. The molecule has 0 atom stereocenters. The van der Waals surface area contributed by atoms with E-state index in [-0.39, 0.29) is 5.56 Å². The molecular formula is C10H7F3O2. The monoisotopic (exact) mass is 216 g/mol. The van der Waals surface area contributed by atoms with E-state index in [0.29, 0.717) is 0 Å². The van der Waals surface area contributed by atoms with Gasteiger partial charge in [-0.3, -0.25) is 0 Å². The molecule has 0 aliphatic rings. The fourth-order valence-corrected chi connectivity index (χ4v) is 0.966. The van der Waals surface area contributed by atoms with Gasteiger partial charge in [0.15, 0.2) is 0 Å². The van der Waals surface area contributed by atoms with Crippen LogP contribution in [-0.4, -0.2) is 5.97 Å². The summed E-state index contributed by atoms with van der Waals surface area (Å²) in [6.45, 7) is 3.13. The third-order valence-corrected chi connectivity index (χ3v) is 1.62. The van der Waals surface area contributed by atoms with E-state index in [0.717, 1.165) is 24.5 Å². The van der Waals surface area contributed by atoms with E-state index in [2.05, 4.69) is 11.3 Å². The molecule has 0 amide bonds. The zero-order chi connectivity index (χ0) is 11.5. The van der Waals surface area contributed by atoms with Crippen molar-refractivity contribution in [3.63, 3.8) is 0 Å². The number of esters is 1. The van der Waals surface area contributed by atoms with Crippen molar-refractivity contribution < 1.29 is 22.7 Å². The normalized spacial score (nSPS) is 10.9. The highest BCUT2D eigenvalue weighted by atomic mass is 19.4. The highest BCUT2D eigenvalue weighted by Crippen LogP contribution is 2.29. The Morgan fingerprint density at radius 2 is 2.07 bits per heavy atom. The summed E-state index contributed by atoms with van der Waals surface area (Å²) in [4.78, 5) is 11.1. The van der Waals surface area contributed by atoms with Crippen LogP contribution in [0.3, 0.4) is 0 Å². The molecule has 0 aliphatic heterocycles. The summed E-state index contributed by atoms with van der Waals surface area (Å²) in [6, 6.07) is 3.99. The Morgan fingerprint density at radius 1 is 1.40 bits per heavy atom. The van der Waals surface area contributed by atoms with Crippen molar-refractivity contribution >= 4 is 5.97 Å². The zero-order valence-corrected chi connectivity index (χ0v) is 7.54. The van der Waals surface area contributed by atoms with Gasteiger partial charge in [-0.05, 0) is 18.2 Å². The third kappa shape index (κ3) is 2.83. The summed E-state index contributed by atoms with van der Waals surface area (Å²) in [5.74, 6) is -0.865. The Balaban J connectivity index is 3.03. The Bertz CT molecular complexity index is 382. The summed E-state index contributed by atoms with van der Waals surface area (Å²) >= 11 is 0. The van der Waals surface area contributed by atoms with Crippen LogP contribution in [0.25, 0.3) is 0 Å². The predicted molar refractivity (Wildman–Crippen MR) is 47.1 cm³/mol. The first-order valence-corrected chi connectivity index (χ1v) is 3.94. The SMILES string of the molecule is C=COC(=O)c1cccc(C(F)(F)F)c1. The minimum atomic E-state index is -4.47. The Labute approximate surface area is 84.0 Å². The van der Waals surface area contributed by atoms with E-state index in [1.165, 1.54) is 6.07 Å². The molecule has 1 aromatic rings. The second-order valence-electron chi connectivity index (χ2n) is 2.65. The Hall–Kier alpha value is -1.78. The van der Waals surface area contributed by atoms with Gasteiger partial charge in [-0.25, -0.2) is 4.79 Å². The fraction of sp³-hybridized carbons (Fsp3) is 0.100. The first-order chi connectivity index (χ1) is 6.95. The van der Waals surface area contributed by atoms with Crippen molar-refractivity contribution in [1.82, 2.24) is 0 Å². The molecule has 1 rings (SSSR count). The molecule has 0 fully saturated rings. The first-order valence-electron chi connectivity index (χ1n) is 3.94. The number of carbonyl (C=O) groups excluding carboxylic acids is 1. The lowest BCUT2D eigenvalue weighted by Crippen LogP contribution is -2.07. The van der Waals surface area contributed by atoms with Crippen molar-refractivity contribution in [2.24, 2.45) is 0 Å². The lowest BCUT2D eigenvalue weighted by molar-refractivity contribution is -0.137. The van der Waals surface area contributed by atoms with E-state index >= 15 is 0 Å². The number of alkyl halides is 3. The van der Waals surface area contributed by atoms with Crippen molar-refractivity contribution in [2.45, 2.75) is 6.18 Å². The molecule has 0 aliphatic carbocycles. The molecule has 0 spiro atoms. The standard InChI is InChI=1S/C10H7F3O2/c1-2-15-9(14)7-4-3-5-8(6-7)10(11,12)13/h2-6H,1H2. The van der Waals surface area contributed by atoms with Crippen LogP contribution in [0.1, 0.15) is 15.9 Å². The van der Waals surface area contributed by atoms with Gasteiger partial charge in [0.25, 0.3) is 0 Å². The van der Waals surface area contributed by atoms with E-state index in [9.17, 15) is 18.0 Å². The molecule has 2 nitrogen and oxygen atoms in total. The van der Waals surface area contributed by atoms with Crippen molar-refractivity contribution in [3.8, 4) is 0 Å². The molecule has 15 heavy (non-hydrogen) atoms. The number of rotatable bonds is 2. The summed E-state index contributed by atoms with van der Waals surface area (Å²) in [5, 5.41) is 0. The van der Waals surface area contributed by atoms with Gasteiger partial charge in [-0.1, -0.05) is 12.6 Å². The van der Waals surface area contributed by atoms with Gasteiger partial charge >= 0.3 is 12.1 Å². The summed E-state index contributed by atoms with van der Waals surface area (Å²) in [5.41, 5.74) is -1.05. The van der Waals surface area contributed by atoms with Crippen LogP contribution in [0.15, 0.2) is 37.1 Å². The van der Waals surface area contributed by atoms with E-state index < -0.39 is 17.7 Å². The minimum absolute atomic E-state index is 0.162. The Morgan fingerprint density at radius 3 is 2.60 bits per heavy atom. The molecule has 0 aromatic heterocycles. The van der Waals surface area contributed by atoms with E-state index in [1.54, 1.807) is 0 Å². The summed E-state index contributed by atoms with van der Waals surface area (Å²) in [6.07, 6.45) is -3.60. The fourth-order valence-electron chi connectivity index (χ4n) is 0.966. The minimum Gasteiger partial charge on any atom is -0.432 e. The summed E-state index contributed by atoms with van der Waals surface area (Å²) < 4.78 is 41.1. The second-order valence-corrected chi connectivity index (χ2v) is 2.65. The van der Waals surface area contributed by atoms with Gasteiger partial charge < -0.3 is 4.74 Å². The van der Waals surface area contributed by atoms with Gasteiger partial charge in [0, 0.05) is 0 Å². The molecule has 0 N–H and O–H groups in total. The van der Waals surface area contributed by atoms with Crippen molar-refractivity contribution in [2.75, 3.05) is 0 Å². The van der Waals surface area contributed by atoms with Crippen LogP contribution >= 0.6 is 0 Å². The van der Waals surface area contributed by atoms with Crippen LogP contribution in [0.4, 0.5) is 13.2 Å². The molecule has 0 unspecified atom stereocenters. The molecular weight excluding hydrogens is 209 g/mol. The maximum atomic E-state index is 12.2. The molecule has 0 radical (unpaired) electrons. The second kappa shape index (κ2) is 4.16. The maximum Gasteiger partial charge on any atom is 0.416 e. The van der Waals surface area contributed by atoms with Crippen molar-refractivity contribution in [1.29, 1.82) is 0 Å². The topological polar surface area (TPSA) is 26.3 Å². The van der Waals surface area contributed by atoms with Crippen LogP contribution in [-0.2, 0) is 10.9 Å². The molecule has 0 heterocycles. The van der Waals surface area contributed by atoms with Gasteiger partial charge in [0.05, 0.1) is 17.4 Å². The number of ether oxygens (including phenoxy) is 1. The van der Waals surface area contributed by atoms with E-state index in [1.807, 2.05) is 0 Å².